The van der Waals surface area contributed by atoms with Crippen LogP contribution in [0.25, 0.3) is 0 Å². The Labute approximate surface area is 115 Å². The van der Waals surface area contributed by atoms with Gasteiger partial charge in [-0.1, -0.05) is 6.07 Å². The summed E-state index contributed by atoms with van der Waals surface area (Å²) in [5, 5.41) is 18.1. The fourth-order valence-electron chi connectivity index (χ4n) is 1.63. The Morgan fingerprint density at radius 2 is 2.10 bits per heavy atom. The SMILES string of the molecule is COc1cc(CO)ccc1Oc1ncccc1C(=O)O. The summed E-state index contributed by atoms with van der Waals surface area (Å²) in [6.07, 6.45) is 1.44. The molecule has 2 N–H and O–H groups in total. The van der Waals surface area contributed by atoms with Gasteiger partial charge in [0.1, 0.15) is 5.56 Å². The van der Waals surface area contributed by atoms with Crippen molar-refractivity contribution in [2.75, 3.05) is 7.11 Å². The number of aromatic nitrogens is 1. The van der Waals surface area contributed by atoms with E-state index >= 15 is 0 Å². The average molecular weight is 275 g/mol. The zero-order chi connectivity index (χ0) is 14.5. The molecule has 1 aromatic carbocycles. The zero-order valence-corrected chi connectivity index (χ0v) is 10.7. The molecule has 0 fully saturated rings. The number of ether oxygens (including phenoxy) is 2. The third kappa shape index (κ3) is 2.86. The molecular weight excluding hydrogens is 262 g/mol. The first-order chi connectivity index (χ1) is 9.65. The topological polar surface area (TPSA) is 88.9 Å². The van der Waals surface area contributed by atoms with Gasteiger partial charge in [0, 0.05) is 6.20 Å². The number of carboxylic acids is 1. The Bertz CT molecular complexity index is 627. The fraction of sp³-hybridized carbons (Fsp3) is 0.143. The molecule has 6 nitrogen and oxygen atoms in total. The molecule has 0 saturated carbocycles. The van der Waals surface area contributed by atoms with Crippen molar-refractivity contribution in [3.63, 3.8) is 0 Å². The first kappa shape index (κ1) is 13.8. The van der Waals surface area contributed by atoms with Crippen molar-refractivity contribution >= 4 is 5.97 Å². The van der Waals surface area contributed by atoms with Crippen LogP contribution >= 0.6 is 0 Å². The molecule has 0 aliphatic rings. The van der Waals surface area contributed by atoms with Crippen LogP contribution in [0.2, 0.25) is 0 Å². The third-order valence-corrected chi connectivity index (χ3v) is 2.62. The van der Waals surface area contributed by atoms with Crippen LogP contribution in [0.4, 0.5) is 0 Å². The molecule has 1 aromatic heterocycles. The Kier molecular flexibility index (Phi) is 4.17. The summed E-state index contributed by atoms with van der Waals surface area (Å²) in [4.78, 5) is 15.0. The number of aliphatic hydroxyl groups is 1. The lowest BCUT2D eigenvalue weighted by Crippen LogP contribution is -2.02. The number of carbonyl (C=O) groups is 1. The maximum atomic E-state index is 11.1. The average Bonchev–Trinajstić information content (AvgIpc) is 2.48. The smallest absolute Gasteiger partial charge is 0.341 e. The van der Waals surface area contributed by atoms with Gasteiger partial charge in [0.05, 0.1) is 13.7 Å². The second kappa shape index (κ2) is 6.03. The van der Waals surface area contributed by atoms with E-state index in [1.807, 2.05) is 0 Å². The first-order valence-corrected chi connectivity index (χ1v) is 5.79. The maximum absolute atomic E-state index is 11.1. The molecule has 20 heavy (non-hydrogen) atoms. The van der Waals surface area contributed by atoms with Crippen LogP contribution in [-0.4, -0.2) is 28.3 Å². The van der Waals surface area contributed by atoms with Gasteiger partial charge in [0.25, 0.3) is 0 Å². The molecule has 0 amide bonds. The van der Waals surface area contributed by atoms with Crippen molar-refractivity contribution < 1.29 is 24.5 Å². The predicted octanol–water partition coefficient (Wildman–Crippen LogP) is 2.07. The summed E-state index contributed by atoms with van der Waals surface area (Å²) in [5.41, 5.74) is 0.620. The van der Waals surface area contributed by atoms with Crippen molar-refractivity contribution in [3.05, 3.63) is 47.7 Å². The van der Waals surface area contributed by atoms with E-state index in [4.69, 9.17) is 19.7 Å². The zero-order valence-electron chi connectivity index (χ0n) is 10.7. The number of methoxy groups -OCH3 is 1. The van der Waals surface area contributed by atoms with Crippen LogP contribution < -0.4 is 9.47 Å². The minimum atomic E-state index is -1.13. The van der Waals surface area contributed by atoms with Crippen molar-refractivity contribution in [3.8, 4) is 17.4 Å². The van der Waals surface area contributed by atoms with Crippen LogP contribution in [0.5, 0.6) is 17.4 Å². The summed E-state index contributed by atoms with van der Waals surface area (Å²) < 4.78 is 10.6. The van der Waals surface area contributed by atoms with E-state index in [1.165, 1.54) is 25.4 Å². The lowest BCUT2D eigenvalue weighted by atomic mass is 10.2. The molecule has 2 rings (SSSR count). The Morgan fingerprint density at radius 1 is 1.30 bits per heavy atom. The number of hydrogen-bond donors (Lipinski definition) is 2. The molecule has 0 aliphatic heterocycles. The molecule has 0 bridgehead atoms. The van der Waals surface area contributed by atoms with Crippen molar-refractivity contribution in [1.82, 2.24) is 4.98 Å². The molecule has 2 aromatic rings. The Morgan fingerprint density at radius 3 is 2.75 bits per heavy atom. The van der Waals surface area contributed by atoms with Crippen LogP contribution in [0.1, 0.15) is 15.9 Å². The van der Waals surface area contributed by atoms with Gasteiger partial charge in [-0.2, -0.15) is 0 Å². The van der Waals surface area contributed by atoms with Crippen molar-refractivity contribution in [1.29, 1.82) is 0 Å². The number of nitrogens with zero attached hydrogens (tertiary/aromatic N) is 1. The third-order valence-electron chi connectivity index (χ3n) is 2.62. The number of aromatic carboxylic acids is 1. The van der Waals surface area contributed by atoms with E-state index in [-0.39, 0.29) is 18.1 Å². The summed E-state index contributed by atoms with van der Waals surface area (Å²) in [6.45, 7) is -0.124. The molecule has 0 unspecified atom stereocenters. The lowest BCUT2D eigenvalue weighted by Gasteiger charge is -2.11. The highest BCUT2D eigenvalue weighted by molar-refractivity contribution is 5.90. The van der Waals surface area contributed by atoms with Crippen LogP contribution in [0.15, 0.2) is 36.5 Å². The molecule has 0 saturated heterocycles. The van der Waals surface area contributed by atoms with Gasteiger partial charge in [0.2, 0.25) is 5.88 Å². The minimum absolute atomic E-state index is 0.0185. The lowest BCUT2D eigenvalue weighted by molar-refractivity contribution is 0.0693. The largest absolute Gasteiger partial charge is 0.493 e. The van der Waals surface area contributed by atoms with Gasteiger partial charge < -0.3 is 19.7 Å². The van der Waals surface area contributed by atoms with Gasteiger partial charge in [0.15, 0.2) is 11.5 Å². The Hall–Kier alpha value is -2.60. The minimum Gasteiger partial charge on any atom is -0.493 e. The highest BCUT2D eigenvalue weighted by Crippen LogP contribution is 2.32. The molecule has 104 valence electrons. The van der Waals surface area contributed by atoms with Gasteiger partial charge in [-0.25, -0.2) is 9.78 Å². The van der Waals surface area contributed by atoms with Gasteiger partial charge in [-0.15, -0.1) is 0 Å². The molecular formula is C14H13NO5. The number of rotatable bonds is 5. The number of aliphatic hydroxyl groups excluding tert-OH is 1. The normalized spacial score (nSPS) is 10.1. The van der Waals surface area contributed by atoms with Crippen LogP contribution in [0.3, 0.4) is 0 Å². The summed E-state index contributed by atoms with van der Waals surface area (Å²) in [5.74, 6) is -0.432. The van der Waals surface area contributed by atoms with E-state index in [9.17, 15) is 4.79 Å². The van der Waals surface area contributed by atoms with E-state index in [0.717, 1.165) is 0 Å². The van der Waals surface area contributed by atoms with Crippen LogP contribution in [0, 0.1) is 0 Å². The van der Waals surface area contributed by atoms with Crippen molar-refractivity contribution in [2.24, 2.45) is 0 Å². The summed E-state index contributed by atoms with van der Waals surface area (Å²) in [6, 6.07) is 7.77. The van der Waals surface area contributed by atoms with Gasteiger partial charge >= 0.3 is 5.97 Å². The fourth-order valence-corrected chi connectivity index (χ4v) is 1.63. The predicted molar refractivity (Wildman–Crippen MR) is 70.2 cm³/mol. The first-order valence-electron chi connectivity index (χ1n) is 5.79. The van der Waals surface area contributed by atoms with Gasteiger partial charge in [-0.3, -0.25) is 0 Å². The molecule has 0 radical (unpaired) electrons. The van der Waals surface area contributed by atoms with E-state index in [0.29, 0.717) is 17.1 Å². The number of benzene rings is 1. The standard InChI is InChI=1S/C14H13NO5/c1-19-12-7-9(8-16)4-5-11(12)20-13-10(14(17)18)3-2-6-15-13/h2-7,16H,8H2,1H3,(H,17,18). The number of carboxylic acid groups (broad SMARTS) is 1. The molecule has 0 atom stereocenters. The number of pyridine rings is 1. The highest BCUT2D eigenvalue weighted by Gasteiger charge is 2.15. The monoisotopic (exact) mass is 275 g/mol. The maximum Gasteiger partial charge on any atom is 0.341 e. The quantitative estimate of drug-likeness (QED) is 0.868. The summed E-state index contributed by atoms with van der Waals surface area (Å²) >= 11 is 0. The molecule has 0 aliphatic carbocycles. The van der Waals surface area contributed by atoms with Crippen molar-refractivity contribution in [2.45, 2.75) is 6.61 Å². The Balaban J connectivity index is 2.37. The molecule has 0 spiro atoms. The second-order valence-corrected chi connectivity index (χ2v) is 3.91. The second-order valence-electron chi connectivity index (χ2n) is 3.91. The highest BCUT2D eigenvalue weighted by atomic mass is 16.5. The molecule has 1 heterocycles. The van der Waals surface area contributed by atoms with E-state index in [2.05, 4.69) is 4.98 Å². The van der Waals surface area contributed by atoms with E-state index in [1.54, 1.807) is 18.2 Å². The molecule has 6 heteroatoms. The number of hydrogen-bond acceptors (Lipinski definition) is 5. The van der Waals surface area contributed by atoms with Crippen LogP contribution in [-0.2, 0) is 6.61 Å². The summed E-state index contributed by atoms with van der Waals surface area (Å²) in [7, 11) is 1.46. The van der Waals surface area contributed by atoms with Gasteiger partial charge in [-0.05, 0) is 29.8 Å². The van der Waals surface area contributed by atoms with E-state index < -0.39 is 5.97 Å².